The van der Waals surface area contributed by atoms with Crippen LogP contribution in [-0.2, 0) is 0 Å². The second-order valence-electron chi connectivity index (χ2n) is 5.87. The van der Waals surface area contributed by atoms with E-state index in [0.29, 0.717) is 23.5 Å². The molecule has 6 heteroatoms. The number of hydrogen-bond acceptors (Lipinski definition) is 3. The molecule has 2 aromatic rings. The molecule has 2 atom stereocenters. The van der Waals surface area contributed by atoms with E-state index in [2.05, 4.69) is 21.5 Å². The van der Waals surface area contributed by atoms with Crippen LogP contribution < -0.4 is 0 Å². The zero-order valence-corrected chi connectivity index (χ0v) is 13.6. The van der Waals surface area contributed by atoms with Crippen LogP contribution in [0.2, 0.25) is 0 Å². The Bertz CT molecular complexity index is 836. The van der Waals surface area contributed by atoms with Crippen molar-refractivity contribution in [3.05, 3.63) is 83.9 Å². The molecule has 0 aliphatic heterocycles. The maximum absolute atomic E-state index is 13.4. The SMILES string of the molecule is C=C/C(=C\N=C(/C)c1ncccn1)C1CC1c1cc(F)c(F)c(F)c1. The fourth-order valence-corrected chi connectivity index (χ4v) is 2.74. The molecular weight excluding hydrogens is 327 g/mol. The van der Waals surface area contributed by atoms with E-state index >= 15 is 0 Å². The lowest BCUT2D eigenvalue weighted by molar-refractivity contribution is 0.445. The molecule has 0 bridgehead atoms. The van der Waals surface area contributed by atoms with Gasteiger partial charge >= 0.3 is 0 Å². The molecule has 128 valence electrons. The highest BCUT2D eigenvalue weighted by Crippen LogP contribution is 2.52. The van der Waals surface area contributed by atoms with Crippen molar-refractivity contribution in [2.24, 2.45) is 10.9 Å². The Labute approximate surface area is 143 Å². The molecule has 1 aromatic heterocycles. The Balaban J connectivity index is 1.78. The largest absolute Gasteiger partial charge is 0.257 e. The van der Waals surface area contributed by atoms with Gasteiger partial charge in [0, 0.05) is 18.6 Å². The van der Waals surface area contributed by atoms with Crippen molar-refractivity contribution in [3.8, 4) is 0 Å². The van der Waals surface area contributed by atoms with Gasteiger partial charge in [-0.15, -0.1) is 0 Å². The van der Waals surface area contributed by atoms with Crippen LogP contribution in [0, 0.1) is 23.4 Å². The first-order chi connectivity index (χ1) is 12.0. The highest BCUT2D eigenvalue weighted by atomic mass is 19.2. The lowest BCUT2D eigenvalue weighted by Gasteiger charge is -2.04. The van der Waals surface area contributed by atoms with E-state index in [9.17, 15) is 13.2 Å². The Morgan fingerprint density at radius 2 is 1.84 bits per heavy atom. The number of aromatic nitrogens is 2. The third-order valence-electron chi connectivity index (χ3n) is 4.19. The first kappa shape index (κ1) is 17.1. The topological polar surface area (TPSA) is 38.1 Å². The van der Waals surface area contributed by atoms with Gasteiger partial charge in [0.05, 0.1) is 5.71 Å². The van der Waals surface area contributed by atoms with E-state index in [4.69, 9.17) is 0 Å². The first-order valence-corrected chi connectivity index (χ1v) is 7.80. The third kappa shape index (κ3) is 3.68. The van der Waals surface area contributed by atoms with Gasteiger partial charge in [-0.25, -0.2) is 23.1 Å². The maximum Gasteiger partial charge on any atom is 0.194 e. The van der Waals surface area contributed by atoms with Crippen molar-refractivity contribution in [1.82, 2.24) is 9.97 Å². The summed E-state index contributed by atoms with van der Waals surface area (Å²) in [6, 6.07) is 3.82. The molecule has 1 heterocycles. The van der Waals surface area contributed by atoms with Gasteiger partial charge in [0.2, 0.25) is 0 Å². The molecule has 2 unspecified atom stereocenters. The molecule has 1 aliphatic rings. The van der Waals surface area contributed by atoms with Crippen LogP contribution in [0.1, 0.15) is 30.7 Å². The van der Waals surface area contributed by atoms with E-state index in [0.717, 1.165) is 17.7 Å². The predicted molar refractivity (Wildman–Crippen MR) is 89.7 cm³/mol. The van der Waals surface area contributed by atoms with Crippen LogP contribution in [0.4, 0.5) is 13.2 Å². The molecule has 1 fully saturated rings. The fraction of sp³-hybridized carbons (Fsp3) is 0.211. The molecule has 3 nitrogen and oxygen atoms in total. The Morgan fingerprint density at radius 3 is 2.44 bits per heavy atom. The van der Waals surface area contributed by atoms with E-state index in [1.807, 2.05) is 0 Å². The number of halogens is 3. The Hall–Kier alpha value is -2.76. The molecule has 1 aromatic carbocycles. The lowest BCUT2D eigenvalue weighted by atomic mass is 10.0. The number of hydrogen-bond donors (Lipinski definition) is 0. The van der Waals surface area contributed by atoms with Gasteiger partial charge in [0.25, 0.3) is 0 Å². The average molecular weight is 343 g/mol. The van der Waals surface area contributed by atoms with Crippen molar-refractivity contribution in [2.45, 2.75) is 19.3 Å². The normalized spacial score (nSPS) is 20.5. The van der Waals surface area contributed by atoms with Crippen molar-refractivity contribution < 1.29 is 13.2 Å². The van der Waals surface area contributed by atoms with E-state index in [1.165, 1.54) is 0 Å². The summed E-state index contributed by atoms with van der Waals surface area (Å²) in [5.74, 6) is -3.27. The predicted octanol–water partition coefficient (Wildman–Crippen LogP) is 4.58. The summed E-state index contributed by atoms with van der Waals surface area (Å²) >= 11 is 0. The summed E-state index contributed by atoms with van der Waals surface area (Å²) < 4.78 is 39.9. The smallest absolute Gasteiger partial charge is 0.194 e. The van der Waals surface area contributed by atoms with Crippen LogP contribution in [0.15, 0.2) is 60.0 Å². The minimum atomic E-state index is -1.44. The van der Waals surface area contributed by atoms with Gasteiger partial charge in [0.15, 0.2) is 23.3 Å². The number of allylic oxidation sites excluding steroid dienone is 2. The van der Waals surface area contributed by atoms with E-state index < -0.39 is 17.5 Å². The molecule has 0 radical (unpaired) electrons. The van der Waals surface area contributed by atoms with E-state index in [-0.39, 0.29) is 11.8 Å². The fourth-order valence-electron chi connectivity index (χ4n) is 2.74. The molecule has 0 amide bonds. The van der Waals surface area contributed by atoms with Gasteiger partial charge in [-0.3, -0.25) is 4.99 Å². The number of aliphatic imine (C=N–C) groups is 1. The van der Waals surface area contributed by atoms with Crippen LogP contribution in [0.5, 0.6) is 0 Å². The summed E-state index contributed by atoms with van der Waals surface area (Å²) in [6.07, 6.45) is 7.31. The molecule has 0 saturated heterocycles. The van der Waals surface area contributed by atoms with E-state index in [1.54, 1.807) is 37.7 Å². The molecule has 0 spiro atoms. The summed E-state index contributed by atoms with van der Waals surface area (Å²) in [6.45, 7) is 5.57. The minimum Gasteiger partial charge on any atom is -0.257 e. The highest BCUT2D eigenvalue weighted by Gasteiger charge is 2.40. The van der Waals surface area contributed by atoms with Crippen molar-refractivity contribution in [2.75, 3.05) is 0 Å². The monoisotopic (exact) mass is 343 g/mol. The van der Waals surface area contributed by atoms with Crippen LogP contribution >= 0.6 is 0 Å². The average Bonchev–Trinajstić information content (AvgIpc) is 3.41. The summed E-state index contributed by atoms with van der Waals surface area (Å²) in [5.41, 5.74) is 1.95. The molecular formula is C19H16F3N3. The third-order valence-corrected chi connectivity index (χ3v) is 4.19. The Morgan fingerprint density at radius 1 is 1.20 bits per heavy atom. The molecule has 1 saturated carbocycles. The highest BCUT2D eigenvalue weighted by molar-refractivity contribution is 5.95. The summed E-state index contributed by atoms with van der Waals surface area (Å²) in [5, 5.41) is 0. The van der Waals surface area contributed by atoms with Gasteiger partial charge in [-0.05, 0) is 54.5 Å². The van der Waals surface area contributed by atoms with Crippen molar-refractivity contribution >= 4 is 5.71 Å². The number of rotatable bonds is 5. The molecule has 3 rings (SSSR count). The van der Waals surface area contributed by atoms with Gasteiger partial charge in [-0.1, -0.05) is 12.7 Å². The molecule has 25 heavy (non-hydrogen) atoms. The zero-order valence-electron chi connectivity index (χ0n) is 13.6. The first-order valence-electron chi connectivity index (χ1n) is 7.80. The van der Waals surface area contributed by atoms with Crippen LogP contribution in [-0.4, -0.2) is 15.7 Å². The van der Waals surface area contributed by atoms with Gasteiger partial charge in [-0.2, -0.15) is 0 Å². The Kier molecular flexibility index (Phi) is 4.79. The number of nitrogens with zero attached hydrogens (tertiary/aromatic N) is 3. The maximum atomic E-state index is 13.4. The van der Waals surface area contributed by atoms with Crippen molar-refractivity contribution in [1.29, 1.82) is 0 Å². The lowest BCUT2D eigenvalue weighted by Crippen LogP contribution is -2.00. The van der Waals surface area contributed by atoms with Crippen LogP contribution in [0.3, 0.4) is 0 Å². The summed E-state index contributed by atoms with van der Waals surface area (Å²) in [7, 11) is 0. The molecule has 0 N–H and O–H groups in total. The van der Waals surface area contributed by atoms with Gasteiger partial charge < -0.3 is 0 Å². The second-order valence-corrected chi connectivity index (χ2v) is 5.87. The van der Waals surface area contributed by atoms with Crippen LogP contribution in [0.25, 0.3) is 0 Å². The summed E-state index contributed by atoms with van der Waals surface area (Å²) in [4.78, 5) is 12.6. The van der Waals surface area contributed by atoms with Gasteiger partial charge in [0.1, 0.15) is 0 Å². The quantitative estimate of drug-likeness (QED) is 0.453. The minimum absolute atomic E-state index is 0.0509. The molecule has 1 aliphatic carbocycles. The number of benzene rings is 1. The zero-order chi connectivity index (χ0) is 18.0. The van der Waals surface area contributed by atoms with Crippen molar-refractivity contribution in [3.63, 3.8) is 0 Å². The standard InChI is InChI=1S/C19H16F3N3/c1-3-12(10-25-11(2)19-23-5-4-6-24-19)14-9-15(14)13-7-16(20)18(22)17(21)8-13/h3-8,10,14-15H,1,9H2,2H3/b12-10+,25-11+. The second kappa shape index (κ2) is 7.01.